The van der Waals surface area contributed by atoms with Crippen molar-refractivity contribution in [2.24, 2.45) is 0 Å². The quantitative estimate of drug-likeness (QED) is 0.336. The van der Waals surface area contributed by atoms with Crippen LogP contribution in [0.2, 0.25) is 10.0 Å². The highest BCUT2D eigenvalue weighted by Gasteiger charge is 2.33. The topological polar surface area (TPSA) is 41.6 Å². The van der Waals surface area contributed by atoms with Crippen molar-refractivity contribution in [1.29, 1.82) is 5.26 Å². The second-order valence-electron chi connectivity index (χ2n) is 4.40. The van der Waals surface area contributed by atoms with E-state index < -0.39 is 11.7 Å². The van der Waals surface area contributed by atoms with Crippen molar-refractivity contribution >= 4 is 91.4 Å². The Bertz CT molecular complexity index is 905. The highest BCUT2D eigenvalue weighted by atomic mass is 79.9. The van der Waals surface area contributed by atoms with Crippen LogP contribution in [0.25, 0.3) is 10.2 Å². The number of hydrogen-bond acceptors (Lipinski definition) is 2. The number of benzene rings is 1. The number of halogens is 9. The predicted molar refractivity (Wildman–Crippen MR) is 105 cm³/mol. The SMILES string of the molecule is N#Cc1nn(-c2c(Cl)cc(C(F)(F)F)cc2Cl)c(Br)c1C(Br)=C(Br)Br. The van der Waals surface area contributed by atoms with Crippen LogP contribution in [0.15, 0.2) is 20.1 Å². The molecule has 0 aliphatic rings. The second-order valence-corrected chi connectivity index (χ2v) is 9.41. The van der Waals surface area contributed by atoms with Gasteiger partial charge in [-0.2, -0.15) is 23.5 Å². The Morgan fingerprint density at radius 1 is 1.16 bits per heavy atom. The molecule has 0 atom stereocenters. The van der Waals surface area contributed by atoms with Crippen molar-refractivity contribution in [2.45, 2.75) is 6.18 Å². The van der Waals surface area contributed by atoms with Crippen molar-refractivity contribution < 1.29 is 13.2 Å². The molecule has 0 saturated carbocycles. The summed E-state index contributed by atoms with van der Waals surface area (Å²) in [5.41, 5.74) is -0.614. The highest BCUT2D eigenvalue weighted by molar-refractivity contribution is 9.29. The zero-order valence-corrected chi connectivity index (χ0v) is 19.3. The maximum atomic E-state index is 12.9. The summed E-state index contributed by atoms with van der Waals surface area (Å²) >= 11 is 25.0. The zero-order chi connectivity index (χ0) is 19.1. The first-order chi connectivity index (χ1) is 11.5. The number of nitrogens with zero attached hydrogens (tertiary/aromatic N) is 3. The van der Waals surface area contributed by atoms with Crippen molar-refractivity contribution in [3.63, 3.8) is 0 Å². The summed E-state index contributed by atoms with van der Waals surface area (Å²) in [6.07, 6.45) is -4.59. The van der Waals surface area contributed by atoms with E-state index in [0.717, 1.165) is 16.8 Å². The van der Waals surface area contributed by atoms with E-state index >= 15 is 0 Å². The lowest BCUT2D eigenvalue weighted by Gasteiger charge is -2.13. The van der Waals surface area contributed by atoms with Gasteiger partial charge in [-0.3, -0.25) is 0 Å². The molecule has 0 fully saturated rings. The minimum atomic E-state index is -4.59. The molecule has 0 saturated heterocycles. The molecule has 0 spiro atoms. The van der Waals surface area contributed by atoms with Crippen molar-refractivity contribution in [3.05, 3.63) is 47.0 Å². The summed E-state index contributed by atoms with van der Waals surface area (Å²) in [7, 11) is 0. The molecular weight excluding hydrogens is 646 g/mol. The fourth-order valence-electron chi connectivity index (χ4n) is 1.84. The van der Waals surface area contributed by atoms with Crippen LogP contribution >= 0.6 is 86.9 Å². The maximum Gasteiger partial charge on any atom is 0.416 e. The molecule has 2 rings (SSSR count). The molecule has 0 bridgehead atoms. The van der Waals surface area contributed by atoms with Gasteiger partial charge in [0.05, 0.1) is 29.0 Å². The smallest absolute Gasteiger partial charge is 0.222 e. The first-order valence-electron chi connectivity index (χ1n) is 5.95. The molecule has 0 radical (unpaired) electrons. The minimum absolute atomic E-state index is 0.00202. The van der Waals surface area contributed by atoms with E-state index in [1.54, 1.807) is 0 Å². The fraction of sp³-hybridized carbons (Fsp3) is 0.0769. The fourth-order valence-corrected chi connectivity index (χ4v) is 4.17. The van der Waals surface area contributed by atoms with Crippen LogP contribution < -0.4 is 0 Å². The first kappa shape index (κ1) is 21.3. The number of nitriles is 1. The van der Waals surface area contributed by atoms with Gasteiger partial charge in [0, 0.05) is 0 Å². The third kappa shape index (κ3) is 4.28. The second kappa shape index (κ2) is 7.90. The molecular formula is C13H2Br4Cl2F3N3. The van der Waals surface area contributed by atoms with Crippen LogP contribution in [0, 0.1) is 11.3 Å². The predicted octanol–water partition coefficient (Wildman–Crippen LogP) is 7.64. The monoisotopic (exact) mass is 643 g/mol. The Kier molecular flexibility index (Phi) is 6.72. The van der Waals surface area contributed by atoms with Crippen LogP contribution in [-0.2, 0) is 6.18 Å². The lowest BCUT2D eigenvalue weighted by atomic mass is 10.2. The molecule has 2 aromatic rings. The summed E-state index contributed by atoms with van der Waals surface area (Å²) in [6.45, 7) is 0. The Balaban J connectivity index is 2.78. The van der Waals surface area contributed by atoms with E-state index in [2.05, 4.69) is 68.8 Å². The molecule has 0 unspecified atom stereocenters. The molecule has 0 aliphatic heterocycles. The standard InChI is InChI=1S/C13H2Br4Cl2F3N3/c14-9(11(15)16)8-7(3-23)24-25(12(8)17)10-5(18)1-4(2-6(10)19)13(20,21)22/h1-2H. The summed E-state index contributed by atoms with van der Waals surface area (Å²) in [4.78, 5) is 0. The van der Waals surface area contributed by atoms with Gasteiger partial charge < -0.3 is 0 Å². The molecule has 3 nitrogen and oxygen atoms in total. The number of rotatable bonds is 2. The average molecular weight is 648 g/mol. The van der Waals surface area contributed by atoms with E-state index in [1.807, 2.05) is 6.07 Å². The summed E-state index contributed by atoms with van der Waals surface area (Å²) in [6, 6.07) is 3.39. The molecule has 1 heterocycles. The van der Waals surface area contributed by atoms with Gasteiger partial charge in [0.25, 0.3) is 0 Å². The number of alkyl halides is 3. The molecule has 1 aromatic heterocycles. The Labute approximate surface area is 183 Å². The average Bonchev–Trinajstić information content (AvgIpc) is 2.81. The molecule has 12 heteroatoms. The number of hydrogen-bond donors (Lipinski definition) is 0. The van der Waals surface area contributed by atoms with Gasteiger partial charge in [0.1, 0.15) is 16.4 Å². The largest absolute Gasteiger partial charge is 0.416 e. The number of aromatic nitrogens is 2. The van der Waals surface area contributed by atoms with Crippen molar-refractivity contribution in [1.82, 2.24) is 9.78 Å². The molecule has 25 heavy (non-hydrogen) atoms. The van der Waals surface area contributed by atoms with Gasteiger partial charge in [-0.1, -0.05) is 23.2 Å². The summed E-state index contributed by atoms with van der Waals surface area (Å²) in [5.74, 6) is 0. The van der Waals surface area contributed by atoms with Crippen LogP contribution in [0.1, 0.15) is 16.8 Å². The highest BCUT2D eigenvalue weighted by Crippen LogP contribution is 2.42. The van der Waals surface area contributed by atoms with Crippen molar-refractivity contribution in [2.75, 3.05) is 0 Å². The van der Waals surface area contributed by atoms with Gasteiger partial charge in [-0.25, -0.2) is 4.68 Å². The van der Waals surface area contributed by atoms with E-state index in [4.69, 9.17) is 23.2 Å². The third-order valence-corrected chi connectivity index (χ3v) is 6.84. The Hall–Kier alpha value is -0.0500. The molecule has 0 N–H and O–H groups in total. The minimum Gasteiger partial charge on any atom is -0.222 e. The van der Waals surface area contributed by atoms with Crippen LogP contribution in [0.4, 0.5) is 13.2 Å². The zero-order valence-electron chi connectivity index (χ0n) is 11.4. The van der Waals surface area contributed by atoms with Crippen LogP contribution in [-0.4, -0.2) is 9.78 Å². The van der Waals surface area contributed by atoms with E-state index in [0.29, 0.717) is 13.4 Å². The van der Waals surface area contributed by atoms with Crippen molar-refractivity contribution in [3.8, 4) is 11.8 Å². The van der Waals surface area contributed by atoms with E-state index in [-0.39, 0.29) is 26.0 Å². The Morgan fingerprint density at radius 3 is 2.08 bits per heavy atom. The van der Waals surface area contributed by atoms with Crippen LogP contribution in [0.3, 0.4) is 0 Å². The first-order valence-corrected chi connectivity index (χ1v) is 9.88. The van der Waals surface area contributed by atoms with Gasteiger partial charge in [0.2, 0.25) is 0 Å². The molecule has 1 aromatic carbocycles. The summed E-state index contributed by atoms with van der Waals surface area (Å²) < 4.78 is 41.0. The molecule has 0 aliphatic carbocycles. The lowest BCUT2D eigenvalue weighted by Crippen LogP contribution is -2.07. The molecule has 132 valence electrons. The lowest BCUT2D eigenvalue weighted by molar-refractivity contribution is -0.137. The molecule has 0 amide bonds. The van der Waals surface area contributed by atoms with Gasteiger partial charge in [-0.05, 0) is 75.9 Å². The third-order valence-electron chi connectivity index (χ3n) is 2.88. The van der Waals surface area contributed by atoms with Gasteiger partial charge in [-0.15, -0.1) is 0 Å². The van der Waals surface area contributed by atoms with Gasteiger partial charge >= 0.3 is 6.18 Å². The van der Waals surface area contributed by atoms with E-state index in [1.165, 1.54) is 0 Å². The maximum absolute atomic E-state index is 12.9. The normalized spacial score (nSPS) is 11.4. The van der Waals surface area contributed by atoms with Crippen LogP contribution in [0.5, 0.6) is 0 Å². The Morgan fingerprint density at radius 2 is 1.68 bits per heavy atom. The summed E-state index contributed by atoms with van der Waals surface area (Å²) in [5, 5.41) is 12.8. The van der Waals surface area contributed by atoms with Gasteiger partial charge in [0.15, 0.2) is 5.69 Å². The van der Waals surface area contributed by atoms with E-state index in [9.17, 15) is 18.4 Å².